The fourth-order valence-corrected chi connectivity index (χ4v) is 2.49. The van der Waals surface area contributed by atoms with E-state index in [2.05, 4.69) is 36.8 Å². The minimum atomic E-state index is -0.444. The monoisotopic (exact) mass is 426 g/mol. The summed E-state index contributed by atoms with van der Waals surface area (Å²) in [5.74, 6) is -0.523. The molecule has 0 aliphatic rings. The van der Waals surface area contributed by atoms with Gasteiger partial charge in [-0.2, -0.15) is 5.10 Å². The lowest BCUT2D eigenvalue weighted by Gasteiger charge is -2.06. The SMILES string of the molecule is CC(=NNC(=O)c1ccc(Br)o1)c1ccc(NC(=O)c2cccnc2)cc1. The Morgan fingerprint density at radius 3 is 2.44 bits per heavy atom. The van der Waals surface area contributed by atoms with Crippen LogP contribution in [-0.2, 0) is 0 Å². The number of carbonyl (C=O) groups is 2. The molecule has 3 rings (SSSR count). The van der Waals surface area contributed by atoms with Crippen LogP contribution in [0.1, 0.15) is 33.4 Å². The molecule has 7 nitrogen and oxygen atoms in total. The molecule has 27 heavy (non-hydrogen) atoms. The fraction of sp³-hybridized carbons (Fsp3) is 0.0526. The van der Waals surface area contributed by atoms with E-state index in [1.54, 1.807) is 61.7 Å². The Kier molecular flexibility index (Phi) is 5.77. The van der Waals surface area contributed by atoms with E-state index in [1.165, 1.54) is 6.20 Å². The van der Waals surface area contributed by atoms with E-state index in [1.807, 2.05) is 0 Å². The molecule has 0 atom stereocenters. The van der Waals surface area contributed by atoms with Crippen LogP contribution in [0.4, 0.5) is 5.69 Å². The molecule has 0 saturated carbocycles. The zero-order chi connectivity index (χ0) is 19.2. The maximum atomic E-state index is 12.1. The van der Waals surface area contributed by atoms with Crippen molar-refractivity contribution in [2.45, 2.75) is 6.92 Å². The van der Waals surface area contributed by atoms with E-state index < -0.39 is 5.91 Å². The summed E-state index contributed by atoms with van der Waals surface area (Å²) < 4.78 is 5.63. The molecule has 136 valence electrons. The number of pyridine rings is 1. The van der Waals surface area contributed by atoms with E-state index in [-0.39, 0.29) is 11.7 Å². The molecule has 2 N–H and O–H groups in total. The molecule has 0 radical (unpaired) electrons. The number of aromatic nitrogens is 1. The smallest absolute Gasteiger partial charge is 0.307 e. The maximum Gasteiger partial charge on any atom is 0.307 e. The Bertz CT molecular complexity index is 982. The lowest BCUT2D eigenvalue weighted by molar-refractivity contribution is 0.0925. The first-order chi connectivity index (χ1) is 13.0. The van der Waals surface area contributed by atoms with Crippen molar-refractivity contribution in [3.05, 3.63) is 82.5 Å². The predicted octanol–water partition coefficient (Wildman–Crippen LogP) is 3.84. The molecule has 0 aliphatic heterocycles. The van der Waals surface area contributed by atoms with Gasteiger partial charge in [0.05, 0.1) is 11.3 Å². The number of amides is 2. The lowest BCUT2D eigenvalue weighted by Crippen LogP contribution is -2.18. The number of nitrogens with zero attached hydrogens (tertiary/aromatic N) is 2. The zero-order valence-electron chi connectivity index (χ0n) is 14.3. The van der Waals surface area contributed by atoms with Gasteiger partial charge in [0.25, 0.3) is 5.91 Å². The Morgan fingerprint density at radius 1 is 1.04 bits per heavy atom. The summed E-state index contributed by atoms with van der Waals surface area (Å²) in [6.07, 6.45) is 3.11. The van der Waals surface area contributed by atoms with Gasteiger partial charge in [0.2, 0.25) is 0 Å². The number of halogens is 1. The molecular weight excluding hydrogens is 412 g/mol. The van der Waals surface area contributed by atoms with Gasteiger partial charge >= 0.3 is 5.91 Å². The average molecular weight is 427 g/mol. The Morgan fingerprint density at radius 2 is 1.81 bits per heavy atom. The molecule has 2 amide bonds. The zero-order valence-corrected chi connectivity index (χ0v) is 15.9. The van der Waals surface area contributed by atoms with Crippen molar-refractivity contribution in [3.8, 4) is 0 Å². The van der Waals surface area contributed by atoms with Gasteiger partial charge in [-0.25, -0.2) is 5.43 Å². The topological polar surface area (TPSA) is 96.6 Å². The second-order valence-corrected chi connectivity index (χ2v) is 6.30. The summed E-state index contributed by atoms with van der Waals surface area (Å²) in [7, 11) is 0. The van der Waals surface area contributed by atoms with E-state index >= 15 is 0 Å². The van der Waals surface area contributed by atoms with Crippen molar-refractivity contribution < 1.29 is 14.0 Å². The van der Waals surface area contributed by atoms with E-state index in [9.17, 15) is 9.59 Å². The third kappa shape index (κ3) is 4.89. The van der Waals surface area contributed by atoms with E-state index in [0.717, 1.165) is 5.56 Å². The number of carbonyl (C=O) groups excluding carboxylic acids is 2. The number of anilines is 1. The van der Waals surface area contributed by atoms with Crippen LogP contribution in [0.3, 0.4) is 0 Å². The van der Waals surface area contributed by atoms with Crippen LogP contribution in [0, 0.1) is 0 Å². The van der Waals surface area contributed by atoms with Crippen molar-refractivity contribution in [1.29, 1.82) is 0 Å². The average Bonchev–Trinajstić information content (AvgIpc) is 3.13. The molecule has 2 aromatic heterocycles. The minimum absolute atomic E-state index is 0.159. The van der Waals surface area contributed by atoms with E-state index in [4.69, 9.17) is 4.42 Å². The van der Waals surface area contributed by atoms with Gasteiger partial charge in [-0.1, -0.05) is 12.1 Å². The van der Waals surface area contributed by atoms with Gasteiger partial charge in [-0.15, -0.1) is 0 Å². The van der Waals surface area contributed by atoms with Crippen molar-refractivity contribution in [2.75, 3.05) is 5.32 Å². The molecule has 0 fully saturated rings. The summed E-state index contributed by atoms with van der Waals surface area (Å²) in [5.41, 5.74) is 4.97. The second kappa shape index (κ2) is 8.41. The molecule has 0 bridgehead atoms. The highest BCUT2D eigenvalue weighted by atomic mass is 79.9. The summed E-state index contributed by atoms with van der Waals surface area (Å²) in [6, 6.07) is 13.7. The van der Waals surface area contributed by atoms with Crippen molar-refractivity contribution >= 4 is 39.1 Å². The van der Waals surface area contributed by atoms with Gasteiger partial charge in [-0.3, -0.25) is 14.6 Å². The summed E-state index contributed by atoms with van der Waals surface area (Å²) in [6.45, 7) is 1.77. The van der Waals surface area contributed by atoms with Crippen molar-refractivity contribution in [1.82, 2.24) is 10.4 Å². The molecule has 3 aromatic rings. The quantitative estimate of drug-likeness (QED) is 0.478. The Balaban J connectivity index is 1.62. The molecular formula is C19H15BrN4O3. The van der Waals surface area contributed by atoms with Gasteiger partial charge in [0.15, 0.2) is 10.4 Å². The van der Waals surface area contributed by atoms with Gasteiger partial charge < -0.3 is 9.73 Å². The van der Waals surface area contributed by atoms with Crippen LogP contribution in [0.25, 0.3) is 0 Å². The number of furan rings is 1. The lowest BCUT2D eigenvalue weighted by atomic mass is 10.1. The van der Waals surface area contributed by atoms with E-state index in [0.29, 0.717) is 21.6 Å². The van der Waals surface area contributed by atoms with Crippen LogP contribution < -0.4 is 10.7 Å². The number of rotatable bonds is 5. The first kappa shape index (κ1) is 18.5. The first-order valence-corrected chi connectivity index (χ1v) is 8.74. The molecule has 2 heterocycles. The number of hydrogen-bond acceptors (Lipinski definition) is 5. The number of hydrogen-bond donors (Lipinski definition) is 2. The highest BCUT2D eigenvalue weighted by Crippen LogP contribution is 2.14. The van der Waals surface area contributed by atoms with Crippen molar-refractivity contribution in [2.24, 2.45) is 5.10 Å². The molecule has 1 aromatic carbocycles. The highest BCUT2D eigenvalue weighted by molar-refractivity contribution is 9.10. The van der Waals surface area contributed by atoms with Crippen molar-refractivity contribution in [3.63, 3.8) is 0 Å². The molecule has 0 aliphatic carbocycles. The third-order valence-corrected chi connectivity index (χ3v) is 4.03. The Hall–Kier alpha value is -3.26. The van der Waals surface area contributed by atoms with Crippen LogP contribution in [-0.4, -0.2) is 22.5 Å². The third-order valence-electron chi connectivity index (χ3n) is 3.61. The largest absolute Gasteiger partial charge is 0.444 e. The number of hydrazone groups is 1. The highest BCUT2D eigenvalue weighted by Gasteiger charge is 2.10. The number of benzene rings is 1. The predicted molar refractivity (Wildman–Crippen MR) is 105 cm³/mol. The van der Waals surface area contributed by atoms with Gasteiger partial charge in [-0.05, 0) is 64.8 Å². The maximum absolute atomic E-state index is 12.1. The summed E-state index contributed by atoms with van der Waals surface area (Å²) >= 11 is 3.14. The normalized spacial score (nSPS) is 11.1. The standard InChI is InChI=1S/C19H15BrN4O3/c1-12(23-24-19(26)16-8-9-17(20)27-16)13-4-6-15(7-5-13)22-18(25)14-3-2-10-21-11-14/h2-11H,1H3,(H,22,25)(H,24,26). The molecule has 0 unspecified atom stereocenters. The van der Waals surface area contributed by atoms with Crippen LogP contribution >= 0.6 is 15.9 Å². The van der Waals surface area contributed by atoms with Gasteiger partial charge in [0, 0.05) is 18.1 Å². The summed E-state index contributed by atoms with van der Waals surface area (Å²) in [4.78, 5) is 28.0. The molecule has 0 spiro atoms. The Labute approximate surface area is 163 Å². The first-order valence-electron chi connectivity index (χ1n) is 7.95. The number of nitrogens with one attached hydrogen (secondary N) is 2. The second-order valence-electron chi connectivity index (χ2n) is 5.52. The van der Waals surface area contributed by atoms with Crippen LogP contribution in [0.15, 0.2) is 75.1 Å². The van der Waals surface area contributed by atoms with Gasteiger partial charge in [0.1, 0.15) is 0 Å². The van der Waals surface area contributed by atoms with Crippen LogP contribution in [0.5, 0.6) is 0 Å². The molecule has 8 heteroatoms. The summed E-state index contributed by atoms with van der Waals surface area (Å²) in [5, 5.41) is 6.86. The minimum Gasteiger partial charge on any atom is -0.444 e. The molecule has 0 saturated heterocycles. The fourth-order valence-electron chi connectivity index (χ4n) is 2.19. The van der Waals surface area contributed by atoms with Crippen LogP contribution in [0.2, 0.25) is 0 Å².